The van der Waals surface area contributed by atoms with Crippen molar-refractivity contribution in [1.82, 2.24) is 5.32 Å². The fourth-order valence-electron chi connectivity index (χ4n) is 2.14. The Kier molecular flexibility index (Phi) is 4.98. The van der Waals surface area contributed by atoms with Gasteiger partial charge in [0.2, 0.25) is 5.91 Å². The maximum absolute atomic E-state index is 12.0. The summed E-state index contributed by atoms with van der Waals surface area (Å²) < 4.78 is 36.0. The van der Waals surface area contributed by atoms with E-state index in [0.29, 0.717) is 12.8 Å². The monoisotopic (exact) mass is 268 g/mol. The van der Waals surface area contributed by atoms with E-state index < -0.39 is 30.3 Å². The molecule has 0 aromatic heterocycles. The van der Waals surface area contributed by atoms with Crippen LogP contribution in [0.2, 0.25) is 0 Å². The number of carbonyl (C=O) groups is 1. The number of amides is 1. The van der Waals surface area contributed by atoms with Gasteiger partial charge < -0.3 is 16.2 Å². The molecule has 1 aliphatic rings. The van der Waals surface area contributed by atoms with Crippen LogP contribution in [0.25, 0.3) is 0 Å². The second-order valence-electron chi connectivity index (χ2n) is 4.96. The predicted molar refractivity (Wildman–Crippen MR) is 59.7 cm³/mol. The lowest BCUT2D eigenvalue weighted by Gasteiger charge is -2.32. The maximum atomic E-state index is 12.0. The molecule has 106 valence electrons. The molecule has 0 spiro atoms. The third-order valence-electron chi connectivity index (χ3n) is 3.23. The minimum atomic E-state index is -4.71. The van der Waals surface area contributed by atoms with Crippen molar-refractivity contribution in [3.63, 3.8) is 0 Å². The lowest BCUT2D eigenvalue weighted by Crippen LogP contribution is -2.48. The Balaban J connectivity index is 2.33. The topological polar surface area (TPSA) is 75.4 Å². The summed E-state index contributed by atoms with van der Waals surface area (Å²) in [5.41, 5.74) is 5.40. The second-order valence-corrected chi connectivity index (χ2v) is 4.96. The van der Waals surface area contributed by atoms with Crippen molar-refractivity contribution in [3.8, 4) is 0 Å². The highest BCUT2D eigenvalue weighted by Crippen LogP contribution is 2.28. The van der Waals surface area contributed by atoms with Gasteiger partial charge in [0.05, 0.1) is 6.54 Å². The highest BCUT2D eigenvalue weighted by atomic mass is 19.4. The standard InChI is InChI=1S/C11H19F3N2O2/c12-11(13,14)8(17)7-16-9(18)6-10(15)4-2-1-3-5-10/h8,17H,1-7,15H2,(H,16,18). The molecule has 0 radical (unpaired) electrons. The number of nitrogens with two attached hydrogens (primary N) is 1. The average Bonchev–Trinajstić information content (AvgIpc) is 2.24. The number of aliphatic hydroxyl groups is 1. The van der Waals surface area contributed by atoms with E-state index in [4.69, 9.17) is 10.8 Å². The van der Waals surface area contributed by atoms with Gasteiger partial charge in [-0.05, 0) is 12.8 Å². The molecule has 1 atom stereocenters. The number of hydrogen-bond acceptors (Lipinski definition) is 3. The minimum Gasteiger partial charge on any atom is -0.382 e. The molecule has 1 rings (SSSR count). The minimum absolute atomic E-state index is 0.0115. The Labute approximate surface area is 104 Å². The van der Waals surface area contributed by atoms with Crippen molar-refractivity contribution in [2.24, 2.45) is 5.73 Å². The van der Waals surface area contributed by atoms with Gasteiger partial charge in [0.15, 0.2) is 6.10 Å². The summed E-state index contributed by atoms with van der Waals surface area (Å²) in [6.45, 7) is -0.821. The number of hydrogen-bond donors (Lipinski definition) is 3. The molecule has 0 bridgehead atoms. The number of alkyl halides is 3. The molecule has 0 heterocycles. The van der Waals surface area contributed by atoms with Crippen LogP contribution in [-0.4, -0.2) is 35.4 Å². The number of aliphatic hydroxyl groups excluding tert-OH is 1. The van der Waals surface area contributed by atoms with E-state index in [1.807, 2.05) is 0 Å². The van der Waals surface area contributed by atoms with Crippen molar-refractivity contribution in [2.75, 3.05) is 6.54 Å². The smallest absolute Gasteiger partial charge is 0.382 e. The van der Waals surface area contributed by atoms with Crippen molar-refractivity contribution < 1.29 is 23.1 Å². The van der Waals surface area contributed by atoms with Crippen LogP contribution in [0, 0.1) is 0 Å². The van der Waals surface area contributed by atoms with Gasteiger partial charge in [0.25, 0.3) is 0 Å². The van der Waals surface area contributed by atoms with E-state index >= 15 is 0 Å². The highest BCUT2D eigenvalue weighted by molar-refractivity contribution is 5.77. The molecule has 1 amide bonds. The molecule has 0 aromatic carbocycles. The first-order valence-electron chi connectivity index (χ1n) is 6.03. The van der Waals surface area contributed by atoms with E-state index in [9.17, 15) is 18.0 Å². The summed E-state index contributed by atoms with van der Waals surface area (Å²) in [5, 5.41) is 10.8. The third-order valence-corrected chi connectivity index (χ3v) is 3.23. The lowest BCUT2D eigenvalue weighted by molar-refractivity contribution is -0.201. The molecular formula is C11H19F3N2O2. The highest BCUT2D eigenvalue weighted by Gasteiger charge is 2.38. The molecular weight excluding hydrogens is 249 g/mol. The largest absolute Gasteiger partial charge is 0.416 e. The van der Waals surface area contributed by atoms with Gasteiger partial charge in [0.1, 0.15) is 0 Å². The second kappa shape index (κ2) is 5.88. The van der Waals surface area contributed by atoms with Crippen LogP contribution in [-0.2, 0) is 4.79 Å². The fourth-order valence-corrected chi connectivity index (χ4v) is 2.14. The number of nitrogens with one attached hydrogen (secondary N) is 1. The summed E-state index contributed by atoms with van der Waals surface area (Å²) in [6.07, 6.45) is -2.85. The van der Waals surface area contributed by atoms with E-state index in [2.05, 4.69) is 5.32 Å². The molecule has 0 aromatic rings. The van der Waals surface area contributed by atoms with Gasteiger partial charge in [-0.2, -0.15) is 13.2 Å². The predicted octanol–water partition coefficient (Wildman–Crippen LogP) is 1.08. The summed E-state index contributed by atoms with van der Waals surface area (Å²) >= 11 is 0. The summed E-state index contributed by atoms with van der Waals surface area (Å²) in [7, 11) is 0. The first-order valence-corrected chi connectivity index (χ1v) is 6.03. The van der Waals surface area contributed by atoms with Crippen LogP contribution >= 0.6 is 0 Å². The summed E-state index contributed by atoms with van der Waals surface area (Å²) in [5.74, 6) is -0.539. The van der Waals surface area contributed by atoms with Crippen molar-refractivity contribution in [2.45, 2.75) is 56.3 Å². The van der Waals surface area contributed by atoms with Crippen LogP contribution in [0.1, 0.15) is 38.5 Å². The van der Waals surface area contributed by atoms with Gasteiger partial charge in [0, 0.05) is 12.0 Å². The van der Waals surface area contributed by atoms with Crippen molar-refractivity contribution in [3.05, 3.63) is 0 Å². The molecule has 4 nitrogen and oxygen atoms in total. The zero-order chi connectivity index (χ0) is 13.8. The summed E-state index contributed by atoms with van der Waals surface area (Å²) in [4.78, 5) is 11.5. The molecule has 1 fully saturated rings. The number of carbonyl (C=O) groups excluding carboxylic acids is 1. The van der Waals surface area contributed by atoms with E-state index in [1.165, 1.54) is 0 Å². The van der Waals surface area contributed by atoms with Crippen molar-refractivity contribution >= 4 is 5.91 Å². The van der Waals surface area contributed by atoms with Crippen molar-refractivity contribution in [1.29, 1.82) is 0 Å². The number of rotatable bonds is 4. The van der Waals surface area contributed by atoms with Crippen LogP contribution in [0.4, 0.5) is 13.2 Å². The summed E-state index contributed by atoms with van der Waals surface area (Å²) in [6, 6.07) is 0. The van der Waals surface area contributed by atoms with Crippen LogP contribution in [0.3, 0.4) is 0 Å². The molecule has 18 heavy (non-hydrogen) atoms. The van der Waals surface area contributed by atoms with E-state index in [0.717, 1.165) is 19.3 Å². The van der Waals surface area contributed by atoms with Gasteiger partial charge in [-0.15, -0.1) is 0 Å². The normalized spacial score (nSPS) is 21.4. The van der Waals surface area contributed by atoms with E-state index in [1.54, 1.807) is 0 Å². The Morgan fingerprint density at radius 2 is 1.89 bits per heavy atom. The molecule has 0 aliphatic heterocycles. The first-order chi connectivity index (χ1) is 8.23. The maximum Gasteiger partial charge on any atom is 0.416 e. The molecule has 1 unspecified atom stereocenters. The Morgan fingerprint density at radius 3 is 2.39 bits per heavy atom. The Morgan fingerprint density at radius 1 is 1.33 bits per heavy atom. The molecule has 0 saturated heterocycles. The Hall–Kier alpha value is -0.820. The average molecular weight is 268 g/mol. The van der Waals surface area contributed by atoms with Crippen LogP contribution in [0.5, 0.6) is 0 Å². The third kappa shape index (κ3) is 4.81. The lowest BCUT2D eigenvalue weighted by atomic mass is 9.80. The zero-order valence-corrected chi connectivity index (χ0v) is 10.1. The van der Waals surface area contributed by atoms with Crippen LogP contribution < -0.4 is 11.1 Å². The van der Waals surface area contributed by atoms with Gasteiger partial charge >= 0.3 is 6.18 Å². The molecule has 7 heteroatoms. The van der Waals surface area contributed by atoms with Gasteiger partial charge in [-0.3, -0.25) is 4.79 Å². The molecule has 1 saturated carbocycles. The quantitative estimate of drug-likeness (QED) is 0.714. The fraction of sp³-hybridized carbons (Fsp3) is 0.909. The van der Waals surface area contributed by atoms with Crippen LogP contribution in [0.15, 0.2) is 0 Å². The molecule has 4 N–H and O–H groups in total. The zero-order valence-electron chi connectivity index (χ0n) is 10.1. The van der Waals surface area contributed by atoms with Gasteiger partial charge in [-0.25, -0.2) is 0 Å². The molecule has 1 aliphatic carbocycles. The SMILES string of the molecule is NC1(CC(=O)NCC(O)C(F)(F)F)CCCCC1. The van der Waals surface area contributed by atoms with Gasteiger partial charge in [-0.1, -0.05) is 19.3 Å². The Bertz CT molecular complexity index is 289. The van der Waals surface area contributed by atoms with E-state index in [-0.39, 0.29) is 6.42 Å². The first kappa shape index (κ1) is 15.2. The number of halogens is 3.